The Morgan fingerprint density at radius 3 is 2.80 bits per heavy atom. The number of hydrogen-bond acceptors (Lipinski definition) is 5. The molecular formula is C10H9ClN4O4S. The van der Waals surface area contributed by atoms with Gasteiger partial charge in [-0.15, -0.1) is 0 Å². The number of nitrogens with zero attached hydrogens (tertiary/aromatic N) is 2. The van der Waals surface area contributed by atoms with E-state index in [-0.39, 0.29) is 16.5 Å². The van der Waals surface area contributed by atoms with Crippen molar-refractivity contribution < 1.29 is 18.3 Å². The number of nitrogens with one attached hydrogen (secondary N) is 2. The highest BCUT2D eigenvalue weighted by atomic mass is 35.5. The molecule has 8 nitrogen and oxygen atoms in total. The predicted octanol–water partition coefficient (Wildman–Crippen LogP) is 1.27. The molecule has 0 bridgehead atoms. The summed E-state index contributed by atoms with van der Waals surface area (Å²) in [5.74, 6) is -1.44. The van der Waals surface area contributed by atoms with Crippen LogP contribution in [0.4, 0.5) is 5.69 Å². The third-order valence-electron chi connectivity index (χ3n) is 2.34. The molecule has 0 unspecified atom stereocenters. The molecule has 0 saturated heterocycles. The number of aromatic nitrogens is 3. The smallest absolute Gasteiger partial charge is 0.357 e. The van der Waals surface area contributed by atoms with Gasteiger partial charge < -0.3 is 5.11 Å². The molecule has 0 aliphatic heterocycles. The Morgan fingerprint density at radius 1 is 1.50 bits per heavy atom. The molecule has 0 radical (unpaired) electrons. The van der Waals surface area contributed by atoms with Crippen molar-refractivity contribution in [1.82, 2.24) is 15.2 Å². The SMILES string of the molecule is Cc1[nH]nc(C(=O)O)c1S(=O)(=O)Nc1ccnc(Cl)c1. The van der Waals surface area contributed by atoms with Crippen LogP contribution in [0.25, 0.3) is 0 Å². The zero-order valence-corrected chi connectivity index (χ0v) is 11.7. The molecule has 2 heterocycles. The molecule has 0 amide bonds. The second-order valence-corrected chi connectivity index (χ2v) is 5.81. The summed E-state index contributed by atoms with van der Waals surface area (Å²) in [4.78, 5) is 14.3. The van der Waals surface area contributed by atoms with Crippen LogP contribution in [0.3, 0.4) is 0 Å². The highest BCUT2D eigenvalue weighted by Crippen LogP contribution is 2.22. The van der Waals surface area contributed by atoms with Crippen LogP contribution in [0, 0.1) is 6.92 Å². The predicted molar refractivity (Wildman–Crippen MR) is 70.3 cm³/mol. The van der Waals surface area contributed by atoms with E-state index in [9.17, 15) is 13.2 Å². The Morgan fingerprint density at radius 2 is 2.20 bits per heavy atom. The molecule has 106 valence electrons. The first-order valence-corrected chi connectivity index (χ1v) is 7.10. The number of carboxylic acid groups (broad SMARTS) is 1. The second-order valence-electron chi connectivity index (χ2n) is 3.80. The first-order chi connectivity index (χ1) is 9.31. The van der Waals surface area contributed by atoms with Crippen molar-refractivity contribution in [3.8, 4) is 0 Å². The molecule has 3 N–H and O–H groups in total. The van der Waals surface area contributed by atoms with Crippen molar-refractivity contribution in [2.45, 2.75) is 11.8 Å². The Labute approximate surface area is 118 Å². The van der Waals surface area contributed by atoms with Gasteiger partial charge in [0.15, 0.2) is 5.69 Å². The number of pyridine rings is 1. The zero-order valence-electron chi connectivity index (χ0n) is 10.1. The van der Waals surface area contributed by atoms with Crippen LogP contribution in [0.1, 0.15) is 16.2 Å². The Kier molecular flexibility index (Phi) is 3.64. The topological polar surface area (TPSA) is 125 Å². The van der Waals surface area contributed by atoms with Crippen molar-refractivity contribution in [2.75, 3.05) is 4.72 Å². The summed E-state index contributed by atoms with van der Waals surface area (Å²) >= 11 is 5.65. The number of rotatable bonds is 4. The standard InChI is InChI=1S/C10H9ClN4O4S/c1-5-9(8(10(16)17)14-13-5)20(18,19)15-6-2-3-12-7(11)4-6/h2-4H,1H3,(H,12,15)(H,13,14)(H,16,17). The minimum atomic E-state index is -4.10. The average molecular weight is 317 g/mol. The number of halogens is 1. The number of carbonyl (C=O) groups is 1. The first kappa shape index (κ1) is 14.3. The van der Waals surface area contributed by atoms with E-state index in [2.05, 4.69) is 19.9 Å². The second kappa shape index (κ2) is 5.10. The molecule has 20 heavy (non-hydrogen) atoms. The minimum absolute atomic E-state index is 0.104. The molecule has 2 rings (SSSR count). The summed E-state index contributed by atoms with van der Waals surface area (Å²) in [6.45, 7) is 1.41. The van der Waals surface area contributed by atoms with Gasteiger partial charge in [0.05, 0.1) is 11.4 Å². The normalized spacial score (nSPS) is 11.3. The lowest BCUT2D eigenvalue weighted by Gasteiger charge is -2.08. The quantitative estimate of drug-likeness (QED) is 0.729. The molecule has 0 saturated carbocycles. The maximum atomic E-state index is 12.2. The van der Waals surface area contributed by atoms with Crippen LogP contribution in [0.5, 0.6) is 0 Å². The van der Waals surface area contributed by atoms with Crippen LogP contribution in [-0.4, -0.2) is 34.7 Å². The van der Waals surface area contributed by atoms with Gasteiger partial charge in [0.25, 0.3) is 10.0 Å². The summed E-state index contributed by atoms with van der Waals surface area (Å²) < 4.78 is 26.7. The maximum Gasteiger partial charge on any atom is 0.357 e. The molecule has 2 aromatic heterocycles. The number of anilines is 1. The number of aromatic carboxylic acids is 1. The lowest BCUT2D eigenvalue weighted by molar-refractivity contribution is 0.0686. The van der Waals surface area contributed by atoms with Gasteiger partial charge >= 0.3 is 5.97 Å². The van der Waals surface area contributed by atoms with Crippen LogP contribution in [0.15, 0.2) is 23.2 Å². The maximum absolute atomic E-state index is 12.2. The van der Waals surface area contributed by atoms with Gasteiger partial charge in [-0.2, -0.15) is 5.10 Å². The number of aromatic amines is 1. The van der Waals surface area contributed by atoms with Gasteiger partial charge in [-0.25, -0.2) is 18.2 Å². The molecule has 0 aliphatic carbocycles. The molecule has 0 fully saturated rings. The van der Waals surface area contributed by atoms with Gasteiger partial charge in [0, 0.05) is 6.20 Å². The van der Waals surface area contributed by atoms with Crippen LogP contribution in [0.2, 0.25) is 5.15 Å². The number of aryl methyl sites for hydroxylation is 1. The zero-order chi connectivity index (χ0) is 14.9. The van der Waals surface area contributed by atoms with E-state index in [4.69, 9.17) is 16.7 Å². The fourth-order valence-corrected chi connectivity index (χ4v) is 3.11. The summed E-state index contributed by atoms with van der Waals surface area (Å²) in [5, 5.41) is 14.8. The van der Waals surface area contributed by atoms with Gasteiger partial charge in [0.2, 0.25) is 0 Å². The van der Waals surface area contributed by atoms with Gasteiger partial charge in [-0.3, -0.25) is 9.82 Å². The van der Waals surface area contributed by atoms with Crippen LogP contribution in [-0.2, 0) is 10.0 Å². The van der Waals surface area contributed by atoms with E-state index in [1.807, 2.05) is 0 Å². The average Bonchev–Trinajstić information content (AvgIpc) is 2.71. The number of carboxylic acids is 1. The number of H-pyrrole nitrogens is 1. The summed E-state index contributed by atoms with van der Waals surface area (Å²) in [6.07, 6.45) is 1.32. The van der Waals surface area contributed by atoms with Crippen molar-refractivity contribution in [3.05, 3.63) is 34.9 Å². The van der Waals surface area contributed by atoms with Crippen molar-refractivity contribution in [2.24, 2.45) is 0 Å². The fourth-order valence-electron chi connectivity index (χ4n) is 1.56. The Bertz CT molecular complexity index is 771. The lowest BCUT2D eigenvalue weighted by Crippen LogP contribution is -2.17. The van der Waals surface area contributed by atoms with Crippen molar-refractivity contribution in [1.29, 1.82) is 0 Å². The highest BCUT2D eigenvalue weighted by Gasteiger charge is 2.28. The van der Waals surface area contributed by atoms with E-state index >= 15 is 0 Å². The van der Waals surface area contributed by atoms with E-state index in [0.29, 0.717) is 0 Å². The number of sulfonamides is 1. The lowest BCUT2D eigenvalue weighted by atomic mass is 10.4. The molecule has 2 aromatic rings. The van der Waals surface area contributed by atoms with E-state index in [1.165, 1.54) is 25.3 Å². The fraction of sp³-hybridized carbons (Fsp3) is 0.100. The summed E-state index contributed by atoms with van der Waals surface area (Å²) in [7, 11) is -4.10. The van der Waals surface area contributed by atoms with E-state index in [1.54, 1.807) is 0 Å². The van der Waals surface area contributed by atoms with E-state index in [0.717, 1.165) is 0 Å². The first-order valence-electron chi connectivity index (χ1n) is 5.24. The van der Waals surface area contributed by atoms with Crippen LogP contribution >= 0.6 is 11.6 Å². The molecule has 0 atom stereocenters. The van der Waals surface area contributed by atoms with E-state index < -0.39 is 26.6 Å². The third kappa shape index (κ3) is 2.73. The van der Waals surface area contributed by atoms with Gasteiger partial charge in [-0.05, 0) is 19.1 Å². The highest BCUT2D eigenvalue weighted by molar-refractivity contribution is 7.92. The molecule has 0 aliphatic rings. The summed E-state index contributed by atoms with van der Waals surface area (Å²) in [6, 6.07) is 2.69. The molecule has 0 aromatic carbocycles. The molecular weight excluding hydrogens is 308 g/mol. The molecule has 10 heteroatoms. The largest absolute Gasteiger partial charge is 0.476 e. The van der Waals surface area contributed by atoms with Gasteiger partial charge in [-0.1, -0.05) is 11.6 Å². The van der Waals surface area contributed by atoms with Crippen molar-refractivity contribution in [3.63, 3.8) is 0 Å². The number of hydrogen-bond donors (Lipinski definition) is 3. The van der Waals surface area contributed by atoms with Gasteiger partial charge in [0.1, 0.15) is 10.0 Å². The Hall–Kier alpha value is -2.13. The molecule has 0 spiro atoms. The van der Waals surface area contributed by atoms with Crippen LogP contribution < -0.4 is 4.72 Å². The van der Waals surface area contributed by atoms with Crippen molar-refractivity contribution >= 4 is 33.3 Å². The minimum Gasteiger partial charge on any atom is -0.476 e. The summed E-state index contributed by atoms with van der Waals surface area (Å²) in [5.41, 5.74) is -0.285. The Balaban J connectivity index is 2.46. The third-order valence-corrected chi connectivity index (χ3v) is 4.09. The monoisotopic (exact) mass is 316 g/mol.